The Hall–Kier alpha value is -0.825. The molecule has 1 atom stereocenters. The first-order valence-corrected chi connectivity index (χ1v) is 5.87. The number of benzene rings is 1. The second kappa shape index (κ2) is 3.14. The molecule has 0 bridgehead atoms. The monoisotopic (exact) mass is 219 g/mol. The highest BCUT2D eigenvalue weighted by Gasteiger charge is 2.38. The minimum Gasteiger partial charge on any atom is -0.398 e. The topological polar surface area (TPSA) is 46.2 Å². The molecule has 0 heterocycles. The van der Waals surface area contributed by atoms with Crippen molar-refractivity contribution in [3.05, 3.63) is 28.3 Å². The number of rotatable bonds is 0. The molecule has 0 saturated carbocycles. The molecule has 0 spiro atoms. The normalized spacial score (nSPS) is 29.0. The molecule has 0 fully saturated rings. The van der Waals surface area contributed by atoms with Gasteiger partial charge in [-0.15, -0.1) is 0 Å². The van der Waals surface area contributed by atoms with Crippen LogP contribution in [0.4, 0.5) is 5.69 Å². The Morgan fingerprint density at radius 1 is 1.06 bits per heavy atom. The maximum atomic E-state index is 10.1. The van der Waals surface area contributed by atoms with Crippen LogP contribution in [0.1, 0.15) is 35.1 Å². The summed E-state index contributed by atoms with van der Waals surface area (Å²) in [7, 11) is 17.9. The molecule has 0 amide bonds. The van der Waals surface area contributed by atoms with Crippen molar-refractivity contribution in [3.63, 3.8) is 0 Å². The molecule has 80 valence electrons. The zero-order valence-electron chi connectivity index (χ0n) is 9.66. The van der Waals surface area contributed by atoms with Crippen molar-refractivity contribution in [3.8, 4) is 0 Å². The van der Waals surface area contributed by atoms with Crippen LogP contribution >= 0.6 is 0 Å². The van der Waals surface area contributed by atoms with E-state index in [2.05, 4.69) is 0 Å². The van der Waals surface area contributed by atoms with E-state index in [1.165, 1.54) is 0 Å². The van der Waals surface area contributed by atoms with Crippen LogP contribution < -0.4 is 5.73 Å². The Bertz CT molecular complexity index is 469. The van der Waals surface area contributed by atoms with Gasteiger partial charge in [0, 0.05) is 11.2 Å². The summed E-state index contributed by atoms with van der Waals surface area (Å²) in [4.78, 5) is 0. The van der Waals surface area contributed by atoms with Crippen molar-refractivity contribution in [1.82, 2.24) is 0 Å². The molecule has 1 aromatic carbocycles. The summed E-state index contributed by atoms with van der Waals surface area (Å²) >= 11 is 0. The van der Waals surface area contributed by atoms with Crippen molar-refractivity contribution in [2.75, 3.05) is 5.73 Å². The van der Waals surface area contributed by atoms with Gasteiger partial charge in [0.25, 0.3) is 0 Å². The van der Waals surface area contributed by atoms with Crippen molar-refractivity contribution >= 4 is 29.2 Å². The number of fused-ring (bicyclic) bond motifs is 2. The van der Waals surface area contributed by atoms with Gasteiger partial charge in [-0.3, -0.25) is 0 Å². The Labute approximate surface area is 105 Å². The summed E-state index contributed by atoms with van der Waals surface area (Å²) in [6.07, 6.45) is 2.68. The van der Waals surface area contributed by atoms with Gasteiger partial charge >= 0.3 is 0 Å². The Morgan fingerprint density at radius 3 is 2.35 bits per heavy atom. The molecule has 2 nitrogen and oxygen atoms in total. The van der Waals surface area contributed by atoms with Gasteiger partial charge in [0.2, 0.25) is 0 Å². The molecule has 5 heteroatoms. The van der Waals surface area contributed by atoms with Crippen molar-refractivity contribution in [2.45, 2.75) is 36.4 Å². The molecule has 1 unspecified atom stereocenters. The van der Waals surface area contributed by atoms with Gasteiger partial charge in [-0.05, 0) is 36.0 Å². The lowest BCUT2D eigenvalue weighted by Gasteiger charge is -2.25. The average Bonchev–Trinajstić information content (AvgIpc) is 2.68. The van der Waals surface area contributed by atoms with E-state index in [-0.39, 0.29) is 0 Å². The third-order valence-electron chi connectivity index (χ3n) is 4.10. The molecule has 3 rings (SSSR count). The molecule has 17 heavy (non-hydrogen) atoms. The van der Waals surface area contributed by atoms with E-state index in [0.717, 1.165) is 28.8 Å². The zero-order chi connectivity index (χ0) is 12.4. The third kappa shape index (κ3) is 1.41. The number of hydrogen-bond donors (Lipinski definition) is 2. The second-order valence-corrected chi connectivity index (χ2v) is 5.31. The van der Waals surface area contributed by atoms with Gasteiger partial charge in [0.15, 0.2) is 0 Å². The van der Waals surface area contributed by atoms with E-state index in [9.17, 15) is 5.11 Å². The van der Waals surface area contributed by atoms with Crippen LogP contribution in [0, 0.1) is 0 Å². The minimum absolute atomic E-state index is 0.498. The minimum atomic E-state index is -1.29. The van der Waals surface area contributed by atoms with Gasteiger partial charge < -0.3 is 10.8 Å². The lowest BCUT2D eigenvalue weighted by Crippen LogP contribution is -2.26. The van der Waals surface area contributed by atoms with Crippen molar-refractivity contribution < 1.29 is 5.11 Å². The van der Waals surface area contributed by atoms with Gasteiger partial charge in [-0.2, -0.15) is 0 Å². The molecular weight excluding hydrogens is 207 g/mol. The first kappa shape index (κ1) is 11.3. The first-order valence-electron chi connectivity index (χ1n) is 5.87. The maximum Gasteiger partial charge on any atom is 0.120 e. The molecular formula is C12H12B3NO. The number of aliphatic hydroxyl groups is 1. The van der Waals surface area contributed by atoms with E-state index in [1.54, 1.807) is 0 Å². The van der Waals surface area contributed by atoms with E-state index in [0.29, 0.717) is 24.8 Å². The zero-order valence-corrected chi connectivity index (χ0v) is 9.66. The standard InChI is InChI=1S/C12H12B3NO/c13-11(14)3-1-6-8(11)5-9-7(10(6)16)2-4-12(9,15)17/h5,17H,1-4,16H2. The quantitative estimate of drug-likeness (QED) is 0.475. The van der Waals surface area contributed by atoms with Gasteiger partial charge in [0.05, 0.1) is 15.7 Å². The average molecular weight is 219 g/mol. The molecule has 2 aliphatic carbocycles. The number of hydrogen-bond acceptors (Lipinski definition) is 2. The Morgan fingerprint density at radius 2 is 1.65 bits per heavy atom. The van der Waals surface area contributed by atoms with Gasteiger partial charge in [-0.25, -0.2) is 0 Å². The lowest BCUT2D eigenvalue weighted by atomic mass is 9.51. The van der Waals surface area contributed by atoms with E-state index < -0.39 is 10.7 Å². The summed E-state index contributed by atoms with van der Waals surface area (Å²) < 4.78 is 0. The predicted octanol–water partition coefficient (Wildman–Crippen LogP) is -0.0354. The Balaban J connectivity index is 2.28. The summed E-state index contributed by atoms with van der Waals surface area (Å²) in [5, 5.41) is 9.26. The second-order valence-electron chi connectivity index (χ2n) is 5.31. The molecule has 2 aliphatic rings. The largest absolute Gasteiger partial charge is 0.398 e. The van der Waals surface area contributed by atoms with E-state index in [1.807, 2.05) is 6.07 Å². The smallest absolute Gasteiger partial charge is 0.120 e. The van der Waals surface area contributed by atoms with Crippen LogP contribution in [0.3, 0.4) is 0 Å². The van der Waals surface area contributed by atoms with Crippen LogP contribution in [0.2, 0.25) is 0 Å². The highest BCUT2D eigenvalue weighted by atomic mass is 16.3. The maximum absolute atomic E-state index is 10.1. The number of anilines is 1. The lowest BCUT2D eigenvalue weighted by molar-refractivity contribution is 0.130. The van der Waals surface area contributed by atoms with Crippen LogP contribution in [0.25, 0.3) is 0 Å². The fourth-order valence-corrected chi connectivity index (χ4v) is 3.05. The highest BCUT2D eigenvalue weighted by Crippen LogP contribution is 2.46. The number of nitrogen functional groups attached to an aromatic ring is 1. The van der Waals surface area contributed by atoms with Crippen LogP contribution in [0.5, 0.6) is 0 Å². The predicted molar refractivity (Wildman–Crippen MR) is 70.3 cm³/mol. The Kier molecular flexibility index (Phi) is 2.08. The molecule has 3 N–H and O–H groups in total. The highest BCUT2D eigenvalue weighted by molar-refractivity contribution is 6.40. The van der Waals surface area contributed by atoms with E-state index >= 15 is 0 Å². The van der Waals surface area contributed by atoms with Gasteiger partial charge in [0.1, 0.15) is 7.85 Å². The van der Waals surface area contributed by atoms with Crippen LogP contribution in [-0.4, -0.2) is 28.6 Å². The molecule has 0 aliphatic heterocycles. The fourth-order valence-electron chi connectivity index (χ4n) is 3.05. The molecule has 0 aromatic heterocycles. The number of nitrogens with two attached hydrogens (primary N) is 1. The van der Waals surface area contributed by atoms with Crippen LogP contribution in [-0.2, 0) is 23.6 Å². The molecule has 0 saturated heterocycles. The van der Waals surface area contributed by atoms with Crippen LogP contribution in [0.15, 0.2) is 6.07 Å². The fraction of sp³-hybridized carbons (Fsp3) is 0.500. The SMILES string of the molecule is [B]C1([B])CCc2c1cc1c(c2N)CCC1([B])O. The van der Waals surface area contributed by atoms with E-state index in [4.69, 9.17) is 29.3 Å². The summed E-state index contributed by atoms with van der Waals surface area (Å²) in [5.74, 6) is 0. The van der Waals surface area contributed by atoms with Gasteiger partial charge in [-0.1, -0.05) is 23.3 Å². The summed E-state index contributed by atoms with van der Waals surface area (Å²) in [6, 6.07) is 1.85. The summed E-state index contributed by atoms with van der Waals surface area (Å²) in [5.41, 5.74) is 9.10. The first-order chi connectivity index (χ1) is 7.83. The molecule has 6 radical (unpaired) electrons. The van der Waals surface area contributed by atoms with Crippen molar-refractivity contribution in [1.29, 1.82) is 0 Å². The van der Waals surface area contributed by atoms with Crippen molar-refractivity contribution in [2.24, 2.45) is 0 Å². The third-order valence-corrected chi connectivity index (χ3v) is 4.10. The molecule has 1 aromatic rings. The summed E-state index contributed by atoms with van der Waals surface area (Å²) in [6.45, 7) is 0.